The number of rotatable bonds is 3. The molecule has 0 spiro atoms. The number of carbonyl (C=O) groups excluding carboxylic acids is 1. The summed E-state index contributed by atoms with van der Waals surface area (Å²) < 4.78 is 0. The molecule has 0 saturated carbocycles. The number of benzene rings is 3. The van der Waals surface area contributed by atoms with Crippen molar-refractivity contribution in [3.8, 4) is 11.5 Å². The van der Waals surface area contributed by atoms with Crippen LogP contribution in [0.5, 0.6) is 11.5 Å². The largest absolute Gasteiger partial charge is 0.508 e. The summed E-state index contributed by atoms with van der Waals surface area (Å²) in [6.45, 7) is 0. The summed E-state index contributed by atoms with van der Waals surface area (Å²) in [5.74, 6) is -0.0299. The van der Waals surface area contributed by atoms with Crippen LogP contribution in [-0.2, 0) is 0 Å². The fraction of sp³-hybridized carbons (Fsp3) is 0.0909. The second-order valence-electron chi connectivity index (χ2n) is 6.36. The van der Waals surface area contributed by atoms with Crippen molar-refractivity contribution >= 4 is 11.6 Å². The van der Waals surface area contributed by atoms with E-state index in [9.17, 15) is 15.0 Å². The van der Waals surface area contributed by atoms with Crippen LogP contribution >= 0.6 is 0 Å². The van der Waals surface area contributed by atoms with Crippen LogP contribution in [0.4, 0.5) is 0 Å². The van der Waals surface area contributed by atoms with Gasteiger partial charge in [-0.25, -0.2) is 5.01 Å². The summed E-state index contributed by atoms with van der Waals surface area (Å²) in [4.78, 5) is 13.1. The summed E-state index contributed by atoms with van der Waals surface area (Å²) >= 11 is 0. The van der Waals surface area contributed by atoms with Crippen LogP contribution in [0, 0.1) is 0 Å². The first-order valence-corrected chi connectivity index (χ1v) is 8.67. The first-order chi connectivity index (χ1) is 13.1. The Labute approximate surface area is 156 Å². The summed E-state index contributed by atoms with van der Waals surface area (Å²) in [5, 5.41) is 26.4. The van der Waals surface area contributed by atoms with Gasteiger partial charge in [-0.1, -0.05) is 48.5 Å². The predicted molar refractivity (Wildman–Crippen MR) is 103 cm³/mol. The lowest BCUT2D eigenvalue weighted by atomic mass is 9.97. The Morgan fingerprint density at radius 1 is 0.852 bits per heavy atom. The van der Waals surface area contributed by atoms with Gasteiger partial charge in [-0.2, -0.15) is 5.10 Å². The van der Waals surface area contributed by atoms with E-state index in [2.05, 4.69) is 5.10 Å². The van der Waals surface area contributed by atoms with Crippen LogP contribution in [0.1, 0.15) is 33.9 Å². The average Bonchev–Trinajstić information content (AvgIpc) is 3.13. The van der Waals surface area contributed by atoms with E-state index in [0.29, 0.717) is 28.8 Å². The molecule has 3 aromatic rings. The van der Waals surface area contributed by atoms with E-state index >= 15 is 0 Å². The van der Waals surface area contributed by atoms with E-state index < -0.39 is 6.04 Å². The Balaban J connectivity index is 1.78. The molecule has 0 bridgehead atoms. The highest BCUT2D eigenvalue weighted by atomic mass is 16.3. The Bertz CT molecular complexity index is 1010. The highest BCUT2D eigenvalue weighted by Gasteiger charge is 2.35. The fourth-order valence-electron chi connectivity index (χ4n) is 3.30. The van der Waals surface area contributed by atoms with E-state index in [1.54, 1.807) is 60.7 Å². The van der Waals surface area contributed by atoms with E-state index in [-0.39, 0.29) is 17.4 Å². The maximum atomic E-state index is 13.1. The number of phenols is 2. The van der Waals surface area contributed by atoms with Crippen LogP contribution in [0.3, 0.4) is 0 Å². The topological polar surface area (TPSA) is 73.1 Å². The van der Waals surface area contributed by atoms with E-state index in [1.807, 2.05) is 18.2 Å². The van der Waals surface area contributed by atoms with Gasteiger partial charge in [-0.15, -0.1) is 0 Å². The van der Waals surface area contributed by atoms with E-state index in [4.69, 9.17) is 0 Å². The van der Waals surface area contributed by atoms with Crippen LogP contribution < -0.4 is 0 Å². The molecular weight excluding hydrogens is 340 g/mol. The SMILES string of the molecule is O=C(c1ccccc1)N1N=C(c2ccccc2O)C[C@H]1c1ccccc1O. The third kappa shape index (κ3) is 3.15. The molecule has 27 heavy (non-hydrogen) atoms. The molecule has 0 saturated heterocycles. The quantitative estimate of drug-likeness (QED) is 0.741. The molecule has 0 unspecified atom stereocenters. The lowest BCUT2D eigenvalue weighted by Crippen LogP contribution is -2.27. The normalized spacial score (nSPS) is 16.2. The Kier molecular flexibility index (Phi) is 4.34. The molecule has 4 rings (SSSR count). The van der Waals surface area contributed by atoms with Crippen molar-refractivity contribution in [1.82, 2.24) is 5.01 Å². The molecule has 0 radical (unpaired) electrons. The predicted octanol–water partition coefficient (Wildman–Crippen LogP) is 4.09. The van der Waals surface area contributed by atoms with Crippen molar-refractivity contribution < 1.29 is 15.0 Å². The summed E-state index contributed by atoms with van der Waals surface area (Å²) in [5.41, 5.74) is 2.32. The molecule has 1 atom stereocenters. The number of carbonyl (C=O) groups is 1. The van der Waals surface area contributed by atoms with Gasteiger partial charge >= 0.3 is 0 Å². The van der Waals surface area contributed by atoms with Gasteiger partial charge in [0.1, 0.15) is 11.5 Å². The van der Waals surface area contributed by atoms with Crippen molar-refractivity contribution in [3.05, 3.63) is 95.6 Å². The number of phenolic OH excluding ortho intramolecular Hbond substituents is 2. The number of amides is 1. The van der Waals surface area contributed by atoms with Crippen LogP contribution in [0.25, 0.3) is 0 Å². The highest BCUT2D eigenvalue weighted by molar-refractivity contribution is 6.06. The van der Waals surface area contributed by atoms with Crippen molar-refractivity contribution in [3.63, 3.8) is 0 Å². The molecule has 1 aliphatic heterocycles. The maximum absolute atomic E-state index is 13.1. The molecule has 0 aromatic heterocycles. The maximum Gasteiger partial charge on any atom is 0.274 e. The average molecular weight is 358 g/mol. The smallest absolute Gasteiger partial charge is 0.274 e. The second-order valence-corrected chi connectivity index (χ2v) is 6.36. The van der Waals surface area contributed by atoms with Gasteiger partial charge in [-0.05, 0) is 30.3 Å². The molecule has 2 N–H and O–H groups in total. The van der Waals surface area contributed by atoms with Gasteiger partial charge in [-0.3, -0.25) is 4.79 Å². The summed E-state index contributed by atoms with van der Waals surface area (Å²) in [6, 6.07) is 22.3. The lowest BCUT2D eigenvalue weighted by molar-refractivity contribution is 0.0709. The molecule has 5 nitrogen and oxygen atoms in total. The monoisotopic (exact) mass is 358 g/mol. The minimum atomic E-state index is -0.450. The van der Waals surface area contributed by atoms with E-state index in [1.165, 1.54) is 5.01 Å². The number of hydrazone groups is 1. The Morgan fingerprint density at radius 3 is 2.19 bits per heavy atom. The van der Waals surface area contributed by atoms with Crippen molar-refractivity contribution in [1.29, 1.82) is 0 Å². The minimum absolute atomic E-state index is 0.112. The molecule has 134 valence electrons. The number of hydrogen-bond acceptors (Lipinski definition) is 4. The standard InChI is InChI=1S/C22H18N2O3/c25-20-12-6-4-10-16(20)18-14-19(17-11-5-7-13-21(17)26)24(23-18)22(27)15-8-2-1-3-9-15/h1-13,19,25-26H,14H2/t19-/m0/s1. The van der Waals surface area contributed by atoms with Crippen LogP contribution in [0.2, 0.25) is 0 Å². The molecule has 1 aliphatic rings. The number of nitrogens with zero attached hydrogens (tertiary/aromatic N) is 2. The Hall–Kier alpha value is -3.60. The molecule has 3 aromatic carbocycles. The van der Waals surface area contributed by atoms with Gasteiger partial charge in [0.25, 0.3) is 5.91 Å². The van der Waals surface area contributed by atoms with Gasteiger partial charge < -0.3 is 10.2 Å². The Morgan fingerprint density at radius 2 is 1.48 bits per heavy atom. The zero-order valence-electron chi connectivity index (χ0n) is 14.5. The fourth-order valence-corrected chi connectivity index (χ4v) is 3.30. The van der Waals surface area contributed by atoms with Gasteiger partial charge in [0, 0.05) is 23.1 Å². The lowest BCUT2D eigenvalue weighted by Gasteiger charge is -2.22. The highest BCUT2D eigenvalue weighted by Crippen LogP contribution is 2.38. The third-order valence-electron chi connectivity index (χ3n) is 4.65. The first-order valence-electron chi connectivity index (χ1n) is 8.67. The molecule has 1 heterocycles. The van der Waals surface area contributed by atoms with Gasteiger partial charge in [0.2, 0.25) is 0 Å². The number of para-hydroxylation sites is 2. The van der Waals surface area contributed by atoms with Crippen molar-refractivity contribution in [2.24, 2.45) is 5.10 Å². The summed E-state index contributed by atoms with van der Waals surface area (Å²) in [6.07, 6.45) is 0.397. The van der Waals surface area contributed by atoms with E-state index in [0.717, 1.165) is 0 Å². The van der Waals surface area contributed by atoms with Crippen LogP contribution in [-0.4, -0.2) is 26.8 Å². The molecule has 0 aliphatic carbocycles. The molecule has 0 fully saturated rings. The molecular formula is C22H18N2O3. The molecule has 5 heteroatoms. The second kappa shape index (κ2) is 6.96. The number of aromatic hydroxyl groups is 2. The van der Waals surface area contributed by atoms with Crippen molar-refractivity contribution in [2.45, 2.75) is 12.5 Å². The van der Waals surface area contributed by atoms with Crippen molar-refractivity contribution in [2.75, 3.05) is 0 Å². The first kappa shape index (κ1) is 16.8. The van der Waals surface area contributed by atoms with Crippen LogP contribution in [0.15, 0.2) is 84.0 Å². The molecule has 1 amide bonds. The zero-order valence-corrected chi connectivity index (χ0v) is 14.5. The van der Waals surface area contributed by atoms with Gasteiger partial charge in [0.05, 0.1) is 11.8 Å². The zero-order chi connectivity index (χ0) is 18.8. The van der Waals surface area contributed by atoms with Gasteiger partial charge in [0.15, 0.2) is 0 Å². The minimum Gasteiger partial charge on any atom is -0.508 e. The summed E-state index contributed by atoms with van der Waals surface area (Å²) in [7, 11) is 0. The third-order valence-corrected chi connectivity index (χ3v) is 4.65. The number of hydrogen-bond donors (Lipinski definition) is 2.